The molecule has 3 rings (SSSR count). The molecule has 130 valence electrons. The van der Waals surface area contributed by atoms with Gasteiger partial charge in [-0.15, -0.1) is 0 Å². The lowest BCUT2D eigenvalue weighted by Crippen LogP contribution is -2.25. The third kappa shape index (κ3) is 4.08. The largest absolute Gasteiger partial charge is 0.352 e. The highest BCUT2D eigenvalue weighted by atomic mass is 16.1. The van der Waals surface area contributed by atoms with Crippen LogP contribution in [0.15, 0.2) is 48.8 Å². The van der Waals surface area contributed by atoms with E-state index in [0.717, 1.165) is 11.3 Å². The van der Waals surface area contributed by atoms with Gasteiger partial charge >= 0.3 is 0 Å². The van der Waals surface area contributed by atoms with Crippen molar-refractivity contribution in [3.63, 3.8) is 0 Å². The first-order chi connectivity index (χ1) is 11.8. The zero-order valence-corrected chi connectivity index (χ0v) is 15.3. The molecule has 0 fully saturated rings. The molecule has 0 atom stereocenters. The molecule has 2 heterocycles. The van der Waals surface area contributed by atoms with Crippen molar-refractivity contribution < 1.29 is 4.79 Å². The van der Waals surface area contributed by atoms with Crippen molar-refractivity contribution in [3.05, 3.63) is 71.2 Å². The van der Waals surface area contributed by atoms with Crippen LogP contribution < -0.4 is 5.32 Å². The number of nitrogens with zero attached hydrogens (tertiary/aromatic N) is 2. The molecule has 0 unspecified atom stereocenters. The number of carbonyl (C=O) groups excluding carboxylic acids is 1. The standard InChI is InChI=1S/C21H25N3O/c1-15-5-10-19-23-18(14-24(19)13-15)11-12-22-20(25)16-6-8-17(9-7-16)21(2,3)4/h5-10,13-14H,11-12H2,1-4H3,(H,22,25). The predicted octanol–water partition coefficient (Wildman–Crippen LogP) is 3.91. The first-order valence-corrected chi connectivity index (χ1v) is 8.66. The molecule has 0 saturated heterocycles. The van der Waals surface area contributed by atoms with Crippen LogP contribution in [0.25, 0.3) is 5.65 Å². The van der Waals surface area contributed by atoms with Crippen LogP contribution in [0.5, 0.6) is 0 Å². The maximum atomic E-state index is 12.3. The van der Waals surface area contributed by atoms with Crippen LogP contribution in [0.2, 0.25) is 0 Å². The lowest BCUT2D eigenvalue weighted by atomic mass is 9.87. The number of benzene rings is 1. The second-order valence-corrected chi connectivity index (χ2v) is 7.54. The van der Waals surface area contributed by atoms with Gasteiger partial charge in [-0.2, -0.15) is 0 Å². The second-order valence-electron chi connectivity index (χ2n) is 7.54. The van der Waals surface area contributed by atoms with E-state index in [-0.39, 0.29) is 11.3 Å². The van der Waals surface area contributed by atoms with Crippen LogP contribution >= 0.6 is 0 Å². The van der Waals surface area contributed by atoms with Crippen molar-refractivity contribution >= 4 is 11.6 Å². The molecule has 0 spiro atoms. The predicted molar refractivity (Wildman–Crippen MR) is 101 cm³/mol. The van der Waals surface area contributed by atoms with E-state index in [1.807, 2.05) is 40.9 Å². The highest BCUT2D eigenvalue weighted by Gasteiger charge is 2.14. The van der Waals surface area contributed by atoms with Gasteiger partial charge in [0.05, 0.1) is 5.69 Å². The lowest BCUT2D eigenvalue weighted by Gasteiger charge is -2.19. The molecule has 25 heavy (non-hydrogen) atoms. The molecule has 3 aromatic rings. The van der Waals surface area contributed by atoms with Crippen LogP contribution in [0, 0.1) is 6.92 Å². The van der Waals surface area contributed by atoms with Gasteiger partial charge < -0.3 is 9.72 Å². The first kappa shape index (κ1) is 17.2. The zero-order chi connectivity index (χ0) is 18.0. The smallest absolute Gasteiger partial charge is 0.251 e. The third-order valence-corrected chi connectivity index (χ3v) is 4.33. The molecule has 1 amide bonds. The molecule has 2 aromatic heterocycles. The Morgan fingerprint density at radius 3 is 2.48 bits per heavy atom. The number of nitrogens with one attached hydrogen (secondary N) is 1. The highest BCUT2D eigenvalue weighted by molar-refractivity contribution is 5.94. The molecule has 0 radical (unpaired) electrons. The molecule has 0 aliphatic rings. The van der Waals surface area contributed by atoms with E-state index in [0.29, 0.717) is 18.5 Å². The normalized spacial score (nSPS) is 11.7. The summed E-state index contributed by atoms with van der Waals surface area (Å²) in [7, 11) is 0. The number of aromatic nitrogens is 2. The molecule has 0 aliphatic carbocycles. The van der Waals surface area contributed by atoms with Gasteiger partial charge in [0.1, 0.15) is 5.65 Å². The Morgan fingerprint density at radius 2 is 1.80 bits per heavy atom. The van der Waals surface area contributed by atoms with Gasteiger partial charge in [0, 0.05) is 30.9 Å². The molecule has 0 saturated carbocycles. The number of hydrogen-bond donors (Lipinski definition) is 1. The second kappa shape index (κ2) is 6.71. The molecule has 1 aromatic carbocycles. The monoisotopic (exact) mass is 335 g/mol. The van der Waals surface area contributed by atoms with Gasteiger partial charge in [-0.1, -0.05) is 39.0 Å². The molecular weight excluding hydrogens is 310 g/mol. The summed E-state index contributed by atoms with van der Waals surface area (Å²) in [6.07, 6.45) is 4.79. The number of fused-ring (bicyclic) bond motifs is 1. The Labute approximate surface area is 148 Å². The zero-order valence-electron chi connectivity index (χ0n) is 15.3. The van der Waals surface area contributed by atoms with Crippen LogP contribution in [-0.2, 0) is 11.8 Å². The summed E-state index contributed by atoms with van der Waals surface area (Å²) in [5.41, 5.74) is 5.13. The van der Waals surface area contributed by atoms with Gasteiger partial charge in [0.15, 0.2) is 0 Å². The van der Waals surface area contributed by atoms with E-state index in [4.69, 9.17) is 0 Å². The lowest BCUT2D eigenvalue weighted by molar-refractivity contribution is 0.0954. The Bertz CT molecular complexity index is 886. The van der Waals surface area contributed by atoms with Crippen molar-refractivity contribution in [2.45, 2.75) is 39.5 Å². The average molecular weight is 335 g/mol. The number of hydrogen-bond acceptors (Lipinski definition) is 2. The van der Waals surface area contributed by atoms with E-state index in [2.05, 4.69) is 50.3 Å². The summed E-state index contributed by atoms with van der Waals surface area (Å²) in [4.78, 5) is 16.8. The average Bonchev–Trinajstić information content (AvgIpc) is 2.96. The number of carbonyl (C=O) groups is 1. The van der Waals surface area contributed by atoms with Crippen LogP contribution in [0.1, 0.15) is 48.0 Å². The fourth-order valence-corrected chi connectivity index (χ4v) is 2.80. The summed E-state index contributed by atoms with van der Waals surface area (Å²) < 4.78 is 2.03. The van der Waals surface area contributed by atoms with Crippen LogP contribution in [0.4, 0.5) is 0 Å². The highest BCUT2D eigenvalue weighted by Crippen LogP contribution is 2.22. The van der Waals surface area contributed by atoms with Crippen LogP contribution in [-0.4, -0.2) is 21.8 Å². The topological polar surface area (TPSA) is 46.4 Å². The number of amides is 1. The minimum absolute atomic E-state index is 0.0416. The fourth-order valence-electron chi connectivity index (χ4n) is 2.80. The Hall–Kier alpha value is -2.62. The van der Waals surface area contributed by atoms with Gasteiger partial charge in [0.2, 0.25) is 0 Å². The van der Waals surface area contributed by atoms with Crippen molar-refractivity contribution in [1.29, 1.82) is 0 Å². The summed E-state index contributed by atoms with van der Waals surface area (Å²) in [6.45, 7) is 9.13. The molecular formula is C21H25N3O. The number of aryl methyl sites for hydroxylation is 1. The molecule has 4 heteroatoms. The van der Waals surface area contributed by atoms with E-state index in [1.165, 1.54) is 11.1 Å². The molecule has 0 bridgehead atoms. The Morgan fingerprint density at radius 1 is 1.08 bits per heavy atom. The van der Waals surface area contributed by atoms with Crippen molar-refractivity contribution in [2.24, 2.45) is 0 Å². The van der Waals surface area contributed by atoms with Gasteiger partial charge in [0.25, 0.3) is 5.91 Å². The minimum Gasteiger partial charge on any atom is -0.352 e. The summed E-state index contributed by atoms with van der Waals surface area (Å²) in [6, 6.07) is 11.9. The number of rotatable bonds is 4. The van der Waals surface area contributed by atoms with Gasteiger partial charge in [-0.3, -0.25) is 4.79 Å². The fraction of sp³-hybridized carbons (Fsp3) is 0.333. The van der Waals surface area contributed by atoms with Crippen LogP contribution in [0.3, 0.4) is 0 Å². The maximum absolute atomic E-state index is 12.3. The number of imidazole rings is 1. The summed E-state index contributed by atoms with van der Waals surface area (Å²) in [5.74, 6) is -0.0416. The third-order valence-electron chi connectivity index (χ3n) is 4.33. The first-order valence-electron chi connectivity index (χ1n) is 8.66. The summed E-state index contributed by atoms with van der Waals surface area (Å²) in [5, 5.41) is 2.97. The van der Waals surface area contributed by atoms with Gasteiger partial charge in [-0.05, 0) is 41.7 Å². The minimum atomic E-state index is -0.0416. The Kier molecular flexibility index (Phi) is 4.62. The van der Waals surface area contributed by atoms with Crippen molar-refractivity contribution in [3.8, 4) is 0 Å². The van der Waals surface area contributed by atoms with E-state index in [1.54, 1.807) is 0 Å². The van der Waals surface area contributed by atoms with Gasteiger partial charge in [-0.25, -0.2) is 4.98 Å². The quantitative estimate of drug-likeness (QED) is 0.786. The Balaban J connectivity index is 1.58. The van der Waals surface area contributed by atoms with E-state index in [9.17, 15) is 4.79 Å². The SMILES string of the molecule is Cc1ccc2nc(CCNC(=O)c3ccc(C(C)(C)C)cc3)cn2c1. The molecule has 0 aliphatic heterocycles. The van der Waals surface area contributed by atoms with Crippen molar-refractivity contribution in [2.75, 3.05) is 6.54 Å². The maximum Gasteiger partial charge on any atom is 0.251 e. The summed E-state index contributed by atoms with van der Waals surface area (Å²) >= 11 is 0. The van der Waals surface area contributed by atoms with E-state index < -0.39 is 0 Å². The molecule has 1 N–H and O–H groups in total. The molecule has 4 nitrogen and oxygen atoms in total. The van der Waals surface area contributed by atoms with E-state index >= 15 is 0 Å². The number of pyridine rings is 1. The van der Waals surface area contributed by atoms with Crippen molar-refractivity contribution in [1.82, 2.24) is 14.7 Å².